The van der Waals surface area contributed by atoms with E-state index in [0.717, 1.165) is 10.9 Å². The lowest BCUT2D eigenvalue weighted by Crippen LogP contribution is -2.36. The van der Waals surface area contributed by atoms with Gasteiger partial charge in [-0.25, -0.2) is 4.79 Å². The maximum absolute atomic E-state index is 12.6. The Balaban J connectivity index is 2.19. The topological polar surface area (TPSA) is 73.6 Å². The van der Waals surface area contributed by atoms with E-state index in [0.29, 0.717) is 29.1 Å². The molecule has 0 saturated carbocycles. The van der Waals surface area contributed by atoms with E-state index >= 15 is 0 Å². The van der Waals surface area contributed by atoms with Crippen molar-refractivity contribution in [1.29, 1.82) is 5.26 Å². The van der Waals surface area contributed by atoms with Gasteiger partial charge < -0.3 is 9.84 Å². The van der Waals surface area contributed by atoms with Crippen LogP contribution in [0.2, 0.25) is 0 Å². The molecule has 6 heteroatoms. The number of alkyl halides is 1. The van der Waals surface area contributed by atoms with Crippen LogP contribution in [0.4, 0.5) is 10.5 Å². The van der Waals surface area contributed by atoms with Gasteiger partial charge in [0.15, 0.2) is 0 Å². The smallest absolute Gasteiger partial charge is 0.414 e. The predicted molar refractivity (Wildman–Crippen MR) is 97.4 cm³/mol. The molecule has 1 aliphatic heterocycles. The number of carbonyl (C=O) groups is 1. The molecule has 1 atom stereocenters. The normalized spacial score (nSPS) is 16.6. The van der Waals surface area contributed by atoms with Crippen molar-refractivity contribution in [2.45, 2.75) is 32.3 Å². The number of ether oxygens (including phenoxy) is 1. The molecule has 0 unspecified atom stereocenters. The van der Waals surface area contributed by atoms with Crippen LogP contribution in [0.25, 0.3) is 10.8 Å². The highest BCUT2D eigenvalue weighted by Crippen LogP contribution is 2.45. The number of phenolic OH excluding ortho intramolecular Hbond substituents is 1. The van der Waals surface area contributed by atoms with Gasteiger partial charge in [0.05, 0.1) is 17.3 Å². The van der Waals surface area contributed by atoms with E-state index in [1.54, 1.807) is 45.0 Å². The van der Waals surface area contributed by atoms with Crippen molar-refractivity contribution in [1.82, 2.24) is 0 Å². The summed E-state index contributed by atoms with van der Waals surface area (Å²) in [7, 11) is 0. The summed E-state index contributed by atoms with van der Waals surface area (Å²) >= 11 is 6.15. The van der Waals surface area contributed by atoms with Crippen molar-refractivity contribution in [3.8, 4) is 11.8 Å². The summed E-state index contributed by atoms with van der Waals surface area (Å²) in [5, 5.41) is 21.0. The largest absolute Gasteiger partial charge is 0.507 e. The fourth-order valence-corrected chi connectivity index (χ4v) is 3.41. The number of anilines is 1. The van der Waals surface area contributed by atoms with Gasteiger partial charge in [-0.05, 0) is 49.9 Å². The lowest BCUT2D eigenvalue weighted by molar-refractivity contribution is 0.0582. The zero-order chi connectivity index (χ0) is 18.4. The van der Waals surface area contributed by atoms with E-state index in [1.807, 2.05) is 0 Å². The Morgan fingerprint density at radius 3 is 2.72 bits per heavy atom. The van der Waals surface area contributed by atoms with E-state index in [9.17, 15) is 15.2 Å². The molecule has 2 aromatic rings. The Labute approximate surface area is 151 Å². The number of amides is 1. The van der Waals surface area contributed by atoms with Crippen LogP contribution >= 0.6 is 11.6 Å². The Kier molecular flexibility index (Phi) is 4.26. The van der Waals surface area contributed by atoms with Crippen LogP contribution in [0.5, 0.6) is 5.75 Å². The summed E-state index contributed by atoms with van der Waals surface area (Å²) in [5.41, 5.74) is 1.32. The van der Waals surface area contributed by atoms with Crippen molar-refractivity contribution in [2.75, 3.05) is 17.3 Å². The van der Waals surface area contributed by atoms with Gasteiger partial charge >= 0.3 is 6.09 Å². The zero-order valence-corrected chi connectivity index (χ0v) is 15.1. The summed E-state index contributed by atoms with van der Waals surface area (Å²) < 4.78 is 5.48. The Hall–Kier alpha value is -2.45. The van der Waals surface area contributed by atoms with E-state index in [2.05, 4.69) is 6.07 Å². The van der Waals surface area contributed by atoms with Gasteiger partial charge in [0, 0.05) is 29.8 Å². The molecule has 1 aliphatic rings. The molecular formula is C19H19ClN2O3. The summed E-state index contributed by atoms with van der Waals surface area (Å²) in [6.45, 7) is 5.79. The Morgan fingerprint density at radius 1 is 1.40 bits per heavy atom. The number of benzene rings is 2. The first-order chi connectivity index (χ1) is 11.7. The summed E-state index contributed by atoms with van der Waals surface area (Å²) in [6.07, 6.45) is -0.475. The molecule has 0 aromatic heterocycles. The van der Waals surface area contributed by atoms with Crippen LogP contribution in [0.1, 0.15) is 37.8 Å². The molecule has 0 spiro atoms. The number of hydrogen-bond acceptors (Lipinski definition) is 4. The van der Waals surface area contributed by atoms with E-state index in [-0.39, 0.29) is 11.7 Å². The minimum Gasteiger partial charge on any atom is -0.507 e. The van der Waals surface area contributed by atoms with Crippen molar-refractivity contribution >= 4 is 34.2 Å². The van der Waals surface area contributed by atoms with Crippen LogP contribution < -0.4 is 4.90 Å². The van der Waals surface area contributed by atoms with Crippen LogP contribution in [0.3, 0.4) is 0 Å². The molecule has 5 nitrogen and oxygen atoms in total. The summed E-state index contributed by atoms with van der Waals surface area (Å²) in [4.78, 5) is 14.1. The van der Waals surface area contributed by atoms with E-state index < -0.39 is 11.7 Å². The second kappa shape index (κ2) is 6.12. The quantitative estimate of drug-likeness (QED) is 0.762. The molecule has 2 aromatic carbocycles. The number of rotatable bonds is 1. The van der Waals surface area contributed by atoms with Gasteiger partial charge in [0.25, 0.3) is 0 Å². The second-order valence-electron chi connectivity index (χ2n) is 7.14. The number of phenols is 1. The Bertz CT molecular complexity index is 896. The van der Waals surface area contributed by atoms with Crippen LogP contribution in [0, 0.1) is 11.3 Å². The lowest BCUT2D eigenvalue weighted by Gasteiger charge is -2.25. The van der Waals surface area contributed by atoms with Gasteiger partial charge in [-0.3, -0.25) is 4.90 Å². The van der Waals surface area contributed by atoms with Gasteiger partial charge in [-0.15, -0.1) is 11.6 Å². The fraction of sp³-hybridized carbons (Fsp3) is 0.368. The molecule has 0 aliphatic carbocycles. The van der Waals surface area contributed by atoms with Crippen LogP contribution in [-0.4, -0.2) is 29.2 Å². The number of hydrogen-bond donors (Lipinski definition) is 1. The molecule has 1 amide bonds. The molecule has 1 N–H and O–H groups in total. The van der Waals surface area contributed by atoms with Crippen LogP contribution in [-0.2, 0) is 4.74 Å². The maximum atomic E-state index is 12.6. The number of aromatic hydroxyl groups is 1. The van der Waals surface area contributed by atoms with Gasteiger partial charge in [0.2, 0.25) is 0 Å². The number of fused-ring (bicyclic) bond motifs is 3. The number of carbonyl (C=O) groups excluding carboxylic acids is 1. The first-order valence-corrected chi connectivity index (χ1v) is 8.55. The SMILES string of the molecule is CC(C)(C)OC(=O)N1C[C@@H](CCl)c2c1cc(O)c1ccc(C#N)cc21. The van der Waals surface area contributed by atoms with Crippen molar-refractivity contribution in [3.05, 3.63) is 35.4 Å². The second-order valence-corrected chi connectivity index (χ2v) is 7.45. The molecule has 0 saturated heterocycles. The third kappa shape index (κ3) is 3.10. The van der Waals surface area contributed by atoms with Crippen molar-refractivity contribution < 1.29 is 14.6 Å². The van der Waals surface area contributed by atoms with Gasteiger partial charge in [-0.2, -0.15) is 5.26 Å². The highest BCUT2D eigenvalue weighted by Gasteiger charge is 2.36. The first kappa shape index (κ1) is 17.4. The number of halogens is 1. The molecule has 0 bridgehead atoms. The molecule has 130 valence electrons. The number of nitriles is 1. The third-order valence-corrected chi connectivity index (χ3v) is 4.54. The van der Waals surface area contributed by atoms with Crippen molar-refractivity contribution in [2.24, 2.45) is 0 Å². The molecular weight excluding hydrogens is 340 g/mol. The van der Waals surface area contributed by atoms with Gasteiger partial charge in [-0.1, -0.05) is 0 Å². The fourth-order valence-electron chi connectivity index (χ4n) is 3.16. The molecule has 1 heterocycles. The third-order valence-electron chi connectivity index (χ3n) is 4.17. The predicted octanol–water partition coefficient (Wildman–Crippen LogP) is 4.49. The average Bonchev–Trinajstić information content (AvgIpc) is 2.91. The first-order valence-electron chi connectivity index (χ1n) is 8.01. The average molecular weight is 359 g/mol. The monoisotopic (exact) mass is 358 g/mol. The minimum absolute atomic E-state index is 0.0574. The number of nitrogens with zero attached hydrogens (tertiary/aromatic N) is 2. The highest BCUT2D eigenvalue weighted by atomic mass is 35.5. The Morgan fingerprint density at radius 2 is 2.12 bits per heavy atom. The summed E-state index contributed by atoms with van der Waals surface area (Å²) in [6, 6.07) is 8.78. The zero-order valence-electron chi connectivity index (χ0n) is 14.3. The molecule has 0 radical (unpaired) electrons. The highest BCUT2D eigenvalue weighted by molar-refractivity contribution is 6.19. The lowest BCUT2D eigenvalue weighted by atomic mass is 9.94. The summed E-state index contributed by atoms with van der Waals surface area (Å²) in [5.74, 6) is 0.284. The molecule has 0 fully saturated rings. The van der Waals surface area contributed by atoms with E-state index in [4.69, 9.17) is 16.3 Å². The van der Waals surface area contributed by atoms with E-state index in [1.165, 1.54) is 4.90 Å². The molecule has 25 heavy (non-hydrogen) atoms. The van der Waals surface area contributed by atoms with Gasteiger partial charge in [0.1, 0.15) is 11.4 Å². The van der Waals surface area contributed by atoms with Crippen molar-refractivity contribution in [3.63, 3.8) is 0 Å². The van der Waals surface area contributed by atoms with Crippen LogP contribution in [0.15, 0.2) is 24.3 Å². The standard InChI is InChI=1S/C19H19ClN2O3/c1-19(2,3)25-18(24)22-10-12(8-20)17-14-6-11(9-21)4-5-13(14)16(23)7-15(17)22/h4-7,12,23H,8,10H2,1-3H3/t12-/m1/s1. The maximum Gasteiger partial charge on any atom is 0.414 e. The minimum atomic E-state index is -0.622. The molecule has 3 rings (SSSR count).